The molecule has 1 aromatic heterocycles. The van der Waals surface area contributed by atoms with Gasteiger partial charge in [0.15, 0.2) is 14.1 Å². The highest BCUT2D eigenvalue weighted by Crippen LogP contribution is 2.39. The number of methoxy groups -OCH3 is 1. The van der Waals surface area contributed by atoms with Crippen molar-refractivity contribution in [3.05, 3.63) is 41.2 Å². The molecule has 10 heteroatoms. The summed E-state index contributed by atoms with van der Waals surface area (Å²) >= 11 is 0. The van der Waals surface area contributed by atoms with Gasteiger partial charge in [0.2, 0.25) is 0 Å². The van der Waals surface area contributed by atoms with Gasteiger partial charge in [0.05, 0.1) is 19.8 Å². The van der Waals surface area contributed by atoms with E-state index in [0.29, 0.717) is 31.9 Å². The minimum atomic E-state index is -2.04. The third-order valence-electron chi connectivity index (χ3n) is 6.61. The SMILES string of the molecule is COc1ccc(Cn2nnc(/C=C3\CN(C(=O)OC(C)(C)C)CCC3O[Si](C)(C)C(C)(C)C)n2)cc1. The molecule has 0 N–H and O–H groups in total. The van der Waals surface area contributed by atoms with E-state index in [1.807, 2.05) is 51.1 Å². The van der Waals surface area contributed by atoms with Crippen LogP contribution < -0.4 is 4.74 Å². The normalized spacial score (nSPS) is 18.4. The van der Waals surface area contributed by atoms with E-state index >= 15 is 0 Å². The minimum absolute atomic E-state index is 0.0696. The van der Waals surface area contributed by atoms with Crippen molar-refractivity contribution < 1.29 is 18.7 Å². The lowest BCUT2D eigenvalue weighted by molar-refractivity contribution is 0.0197. The molecule has 0 aliphatic carbocycles. The number of rotatable bonds is 6. The third kappa shape index (κ3) is 7.39. The Hall–Kier alpha value is -2.72. The molecule has 1 aliphatic heterocycles. The molecular formula is C26H41N5O4Si. The minimum Gasteiger partial charge on any atom is -0.497 e. The molecule has 1 amide bonds. The highest BCUT2D eigenvalue weighted by molar-refractivity contribution is 6.74. The molecule has 1 fully saturated rings. The second kappa shape index (κ2) is 10.7. The van der Waals surface area contributed by atoms with E-state index < -0.39 is 13.9 Å². The molecule has 0 spiro atoms. The number of aromatic nitrogens is 4. The average molecular weight is 516 g/mol. The molecule has 2 aromatic rings. The summed E-state index contributed by atoms with van der Waals surface area (Å²) in [6, 6.07) is 7.77. The Morgan fingerprint density at radius 3 is 2.39 bits per heavy atom. The number of carbonyl (C=O) groups is 1. The lowest BCUT2D eigenvalue weighted by Crippen LogP contribution is -2.50. The smallest absolute Gasteiger partial charge is 0.410 e. The van der Waals surface area contributed by atoms with E-state index in [1.165, 1.54) is 0 Å². The standard InChI is InChI=1S/C26H41N5O4Si/c1-25(2,3)34-24(32)30-15-14-22(35-36(8,9)26(4,5)6)20(18-30)16-23-27-29-31(28-23)17-19-10-12-21(33-7)13-11-19/h10-13,16,22H,14-15,17-18H2,1-9H3/b20-16+. The summed E-state index contributed by atoms with van der Waals surface area (Å²) < 4.78 is 17.6. The van der Waals surface area contributed by atoms with Crippen molar-refractivity contribution in [3.8, 4) is 5.75 Å². The Balaban J connectivity index is 1.83. The van der Waals surface area contributed by atoms with Gasteiger partial charge in [-0.1, -0.05) is 32.9 Å². The van der Waals surface area contributed by atoms with Gasteiger partial charge in [-0.15, -0.1) is 10.2 Å². The van der Waals surface area contributed by atoms with Crippen molar-refractivity contribution in [3.63, 3.8) is 0 Å². The second-order valence-electron chi connectivity index (χ2n) is 11.8. The molecular weight excluding hydrogens is 474 g/mol. The molecule has 1 unspecified atom stereocenters. The molecule has 198 valence electrons. The van der Waals surface area contributed by atoms with Gasteiger partial charge in [-0.25, -0.2) is 4.79 Å². The van der Waals surface area contributed by atoms with E-state index in [2.05, 4.69) is 49.3 Å². The number of amides is 1. The fourth-order valence-corrected chi connectivity index (χ4v) is 4.92. The Labute approximate surface area is 215 Å². The summed E-state index contributed by atoms with van der Waals surface area (Å²) in [5, 5.41) is 13.1. The van der Waals surface area contributed by atoms with Crippen LogP contribution in [0.4, 0.5) is 4.79 Å². The van der Waals surface area contributed by atoms with Gasteiger partial charge >= 0.3 is 6.09 Å². The lowest BCUT2D eigenvalue weighted by Gasteiger charge is -2.43. The number of ether oxygens (including phenoxy) is 2. The maximum Gasteiger partial charge on any atom is 0.410 e. The highest BCUT2D eigenvalue weighted by atomic mass is 28.4. The van der Waals surface area contributed by atoms with Crippen LogP contribution in [0, 0.1) is 0 Å². The second-order valence-corrected chi connectivity index (χ2v) is 16.6. The van der Waals surface area contributed by atoms with Crippen LogP contribution in [0.2, 0.25) is 18.1 Å². The van der Waals surface area contributed by atoms with E-state index in [-0.39, 0.29) is 17.2 Å². The summed E-state index contributed by atoms with van der Waals surface area (Å²) in [4.78, 5) is 16.1. The Morgan fingerprint density at radius 2 is 1.81 bits per heavy atom. The number of tetrazole rings is 1. The maximum absolute atomic E-state index is 12.8. The predicted molar refractivity (Wildman–Crippen MR) is 142 cm³/mol. The van der Waals surface area contributed by atoms with Crippen LogP contribution in [-0.4, -0.2) is 71.4 Å². The van der Waals surface area contributed by atoms with Crippen molar-refractivity contribution in [2.45, 2.75) is 84.3 Å². The molecule has 0 bridgehead atoms. The van der Waals surface area contributed by atoms with Gasteiger partial charge in [-0.3, -0.25) is 0 Å². The molecule has 1 atom stereocenters. The van der Waals surface area contributed by atoms with Gasteiger partial charge in [-0.2, -0.15) is 4.80 Å². The van der Waals surface area contributed by atoms with E-state index in [1.54, 1.807) is 16.8 Å². The first-order valence-electron chi connectivity index (χ1n) is 12.4. The zero-order chi connectivity index (χ0) is 26.7. The number of carbonyl (C=O) groups excluding carboxylic acids is 1. The summed E-state index contributed by atoms with van der Waals surface area (Å²) in [7, 11) is -0.396. The van der Waals surface area contributed by atoms with Crippen molar-refractivity contribution in [2.24, 2.45) is 0 Å². The molecule has 0 radical (unpaired) electrons. The zero-order valence-electron chi connectivity index (χ0n) is 23.2. The number of hydrogen-bond acceptors (Lipinski definition) is 7. The quantitative estimate of drug-likeness (QED) is 0.492. The largest absolute Gasteiger partial charge is 0.497 e. The first kappa shape index (κ1) is 27.9. The molecule has 1 aromatic carbocycles. The summed E-state index contributed by atoms with van der Waals surface area (Å²) in [5.74, 6) is 1.30. The van der Waals surface area contributed by atoms with Crippen LogP contribution in [0.25, 0.3) is 6.08 Å². The molecule has 1 aliphatic rings. The zero-order valence-corrected chi connectivity index (χ0v) is 24.2. The van der Waals surface area contributed by atoms with Gasteiger partial charge in [0.25, 0.3) is 0 Å². The first-order chi connectivity index (χ1) is 16.7. The average Bonchev–Trinajstić information content (AvgIpc) is 3.20. The van der Waals surface area contributed by atoms with Crippen LogP contribution in [0.5, 0.6) is 5.75 Å². The van der Waals surface area contributed by atoms with Crippen LogP contribution >= 0.6 is 0 Å². The Bertz CT molecular complexity index is 1070. The number of piperidine rings is 1. The topological polar surface area (TPSA) is 91.6 Å². The fraction of sp³-hybridized carbons (Fsp3) is 0.615. The van der Waals surface area contributed by atoms with Crippen molar-refractivity contribution in [1.29, 1.82) is 0 Å². The monoisotopic (exact) mass is 515 g/mol. The van der Waals surface area contributed by atoms with E-state index in [9.17, 15) is 4.79 Å². The fourth-order valence-electron chi connectivity index (χ4n) is 3.59. The first-order valence-corrected chi connectivity index (χ1v) is 15.3. The highest BCUT2D eigenvalue weighted by Gasteiger charge is 2.41. The summed E-state index contributed by atoms with van der Waals surface area (Å²) in [6.07, 6.45) is 2.16. The molecule has 3 rings (SSSR count). The Kier molecular flexibility index (Phi) is 8.29. The van der Waals surface area contributed by atoms with Gasteiger partial charge < -0.3 is 18.8 Å². The molecule has 9 nitrogen and oxygen atoms in total. The summed E-state index contributed by atoms with van der Waals surface area (Å²) in [5.41, 5.74) is 1.45. The number of nitrogens with zero attached hydrogens (tertiary/aromatic N) is 5. The molecule has 1 saturated heterocycles. The number of benzene rings is 1. The van der Waals surface area contributed by atoms with Crippen LogP contribution in [0.3, 0.4) is 0 Å². The predicted octanol–water partition coefficient (Wildman–Crippen LogP) is 5.14. The molecule has 0 saturated carbocycles. The van der Waals surface area contributed by atoms with Crippen molar-refractivity contribution >= 4 is 20.5 Å². The summed E-state index contributed by atoms with van der Waals surface area (Å²) in [6.45, 7) is 18.3. The van der Waals surface area contributed by atoms with Crippen LogP contribution in [0.15, 0.2) is 29.8 Å². The van der Waals surface area contributed by atoms with Crippen molar-refractivity contribution in [1.82, 2.24) is 25.1 Å². The van der Waals surface area contributed by atoms with Crippen LogP contribution in [0.1, 0.15) is 59.4 Å². The Morgan fingerprint density at radius 1 is 1.14 bits per heavy atom. The van der Waals surface area contributed by atoms with Crippen molar-refractivity contribution in [2.75, 3.05) is 20.2 Å². The van der Waals surface area contributed by atoms with Gasteiger partial charge in [0, 0.05) is 13.1 Å². The number of likely N-dealkylation sites (tertiary alicyclic amines) is 1. The molecule has 2 heterocycles. The third-order valence-corrected chi connectivity index (χ3v) is 11.1. The van der Waals surface area contributed by atoms with Gasteiger partial charge in [-0.05, 0) is 79.9 Å². The van der Waals surface area contributed by atoms with E-state index in [0.717, 1.165) is 16.9 Å². The van der Waals surface area contributed by atoms with Gasteiger partial charge in [0.1, 0.15) is 11.4 Å². The maximum atomic E-state index is 12.8. The molecule has 36 heavy (non-hydrogen) atoms. The lowest BCUT2D eigenvalue weighted by atomic mass is 10.0. The van der Waals surface area contributed by atoms with E-state index in [4.69, 9.17) is 13.9 Å². The van der Waals surface area contributed by atoms with Crippen LogP contribution in [-0.2, 0) is 15.7 Å². The number of hydrogen-bond donors (Lipinski definition) is 0.